The van der Waals surface area contributed by atoms with Crippen LogP contribution in [0.5, 0.6) is 0 Å². The zero-order valence-corrected chi connectivity index (χ0v) is 5.42. The van der Waals surface area contributed by atoms with Gasteiger partial charge in [-0.05, 0) is 18.8 Å². The van der Waals surface area contributed by atoms with Crippen molar-refractivity contribution in [2.75, 3.05) is 0 Å². The van der Waals surface area contributed by atoms with Crippen LogP contribution in [0, 0.1) is 5.92 Å². The topological polar surface area (TPSA) is 37.3 Å². The van der Waals surface area contributed by atoms with Crippen molar-refractivity contribution in [3.05, 3.63) is 0 Å². The number of rotatable bonds is 2. The smallest absolute Gasteiger partial charge is 0.148 e. The van der Waals surface area contributed by atoms with E-state index in [1.165, 1.54) is 12.8 Å². The van der Waals surface area contributed by atoms with Gasteiger partial charge < -0.3 is 9.90 Å². The fourth-order valence-corrected chi connectivity index (χ4v) is 1.41. The molecule has 0 aliphatic heterocycles. The number of aldehydes is 1. The van der Waals surface area contributed by atoms with Crippen LogP contribution in [-0.2, 0) is 4.79 Å². The molecule has 0 spiro atoms. The van der Waals surface area contributed by atoms with E-state index in [1.54, 1.807) is 0 Å². The molecule has 9 heavy (non-hydrogen) atoms. The van der Waals surface area contributed by atoms with Crippen LogP contribution >= 0.6 is 0 Å². The number of carbonyl (C=O) groups is 1. The second-order valence-electron chi connectivity index (χ2n) is 2.67. The van der Waals surface area contributed by atoms with Gasteiger partial charge in [-0.3, -0.25) is 0 Å². The molecule has 0 aromatic rings. The SMILES string of the molecule is O=CC(O)C1CCCC1. The molecule has 1 N–H and O–H groups in total. The minimum Gasteiger partial charge on any atom is -0.385 e. The minimum absolute atomic E-state index is 0.266. The molecular formula is C7H12O2. The molecule has 0 aromatic heterocycles. The van der Waals surface area contributed by atoms with Crippen molar-refractivity contribution in [2.45, 2.75) is 31.8 Å². The number of aliphatic hydroxyl groups is 1. The zero-order valence-electron chi connectivity index (χ0n) is 5.42. The lowest BCUT2D eigenvalue weighted by Crippen LogP contribution is -2.18. The largest absolute Gasteiger partial charge is 0.385 e. The van der Waals surface area contributed by atoms with Crippen LogP contribution in [0.15, 0.2) is 0 Å². The van der Waals surface area contributed by atoms with E-state index < -0.39 is 6.10 Å². The molecule has 2 nitrogen and oxygen atoms in total. The Morgan fingerprint density at radius 1 is 1.44 bits per heavy atom. The van der Waals surface area contributed by atoms with E-state index in [-0.39, 0.29) is 5.92 Å². The normalized spacial score (nSPS) is 24.1. The molecule has 0 radical (unpaired) electrons. The van der Waals surface area contributed by atoms with Gasteiger partial charge in [-0.1, -0.05) is 12.8 Å². The summed E-state index contributed by atoms with van der Waals surface area (Å²) in [4.78, 5) is 10.0. The summed E-state index contributed by atoms with van der Waals surface area (Å²) < 4.78 is 0. The van der Waals surface area contributed by atoms with Gasteiger partial charge in [0.05, 0.1) is 0 Å². The second kappa shape index (κ2) is 2.97. The molecule has 0 aromatic carbocycles. The summed E-state index contributed by atoms with van der Waals surface area (Å²) in [6.07, 6.45) is 4.37. The third-order valence-electron chi connectivity index (χ3n) is 2.02. The third kappa shape index (κ3) is 1.52. The van der Waals surface area contributed by atoms with Gasteiger partial charge in [-0.2, -0.15) is 0 Å². The summed E-state index contributed by atoms with van der Waals surface area (Å²) >= 11 is 0. The lowest BCUT2D eigenvalue weighted by Gasteiger charge is -2.09. The molecule has 1 rings (SSSR count). The van der Waals surface area contributed by atoms with Gasteiger partial charge in [0, 0.05) is 0 Å². The maximum Gasteiger partial charge on any atom is 0.148 e. The predicted octanol–water partition coefficient (Wildman–Crippen LogP) is 0.736. The first kappa shape index (κ1) is 6.75. The van der Waals surface area contributed by atoms with Gasteiger partial charge in [0.2, 0.25) is 0 Å². The molecule has 52 valence electrons. The summed E-state index contributed by atoms with van der Waals surface area (Å²) in [5.41, 5.74) is 0. The van der Waals surface area contributed by atoms with E-state index in [0.29, 0.717) is 6.29 Å². The predicted molar refractivity (Wildman–Crippen MR) is 34.0 cm³/mol. The van der Waals surface area contributed by atoms with Crippen LogP contribution in [0.4, 0.5) is 0 Å². The van der Waals surface area contributed by atoms with Gasteiger partial charge in [-0.15, -0.1) is 0 Å². The number of carbonyl (C=O) groups excluding carboxylic acids is 1. The maximum atomic E-state index is 10.0. The summed E-state index contributed by atoms with van der Waals surface area (Å²) in [5.74, 6) is 0.266. The average molecular weight is 128 g/mol. The maximum absolute atomic E-state index is 10.0. The number of hydrogen-bond acceptors (Lipinski definition) is 2. The molecule has 0 heterocycles. The molecule has 1 fully saturated rings. The van der Waals surface area contributed by atoms with Crippen molar-refractivity contribution in [1.82, 2.24) is 0 Å². The van der Waals surface area contributed by atoms with Gasteiger partial charge in [0.1, 0.15) is 12.4 Å². The standard InChI is InChI=1S/C7H12O2/c8-5-7(9)6-3-1-2-4-6/h5-7,9H,1-4H2. The van der Waals surface area contributed by atoms with Crippen LogP contribution in [0.3, 0.4) is 0 Å². The van der Waals surface area contributed by atoms with Crippen LogP contribution < -0.4 is 0 Å². The van der Waals surface area contributed by atoms with Crippen LogP contribution in [-0.4, -0.2) is 17.5 Å². The lowest BCUT2D eigenvalue weighted by molar-refractivity contribution is -0.117. The Morgan fingerprint density at radius 2 is 2.00 bits per heavy atom. The Kier molecular flexibility index (Phi) is 2.22. The van der Waals surface area contributed by atoms with Gasteiger partial charge in [0.25, 0.3) is 0 Å². The van der Waals surface area contributed by atoms with Gasteiger partial charge >= 0.3 is 0 Å². The van der Waals surface area contributed by atoms with Gasteiger partial charge in [0.15, 0.2) is 0 Å². The highest BCUT2D eigenvalue weighted by molar-refractivity contribution is 5.56. The highest BCUT2D eigenvalue weighted by Crippen LogP contribution is 2.26. The quantitative estimate of drug-likeness (QED) is 0.557. The van der Waals surface area contributed by atoms with Crippen molar-refractivity contribution in [3.63, 3.8) is 0 Å². The Bertz CT molecular complexity index is 95.1. The van der Waals surface area contributed by atoms with Crippen molar-refractivity contribution >= 4 is 6.29 Å². The molecule has 1 aliphatic rings. The Hall–Kier alpha value is -0.370. The molecule has 1 atom stereocenters. The fraction of sp³-hybridized carbons (Fsp3) is 0.857. The highest BCUT2D eigenvalue weighted by Gasteiger charge is 2.21. The molecule has 0 bridgehead atoms. The molecule has 1 saturated carbocycles. The minimum atomic E-state index is -0.688. The second-order valence-corrected chi connectivity index (χ2v) is 2.67. The lowest BCUT2D eigenvalue weighted by atomic mass is 10.0. The molecule has 1 aliphatic carbocycles. The molecule has 0 amide bonds. The van der Waals surface area contributed by atoms with Crippen molar-refractivity contribution in [3.8, 4) is 0 Å². The summed E-state index contributed by atoms with van der Waals surface area (Å²) in [7, 11) is 0. The first-order valence-electron chi connectivity index (χ1n) is 3.48. The molecule has 2 heteroatoms. The van der Waals surface area contributed by atoms with Crippen molar-refractivity contribution < 1.29 is 9.90 Å². The van der Waals surface area contributed by atoms with Crippen molar-refractivity contribution in [1.29, 1.82) is 0 Å². The summed E-state index contributed by atoms with van der Waals surface area (Å²) in [5, 5.41) is 8.99. The molecular weight excluding hydrogens is 116 g/mol. The summed E-state index contributed by atoms with van der Waals surface area (Å²) in [6.45, 7) is 0. The Labute approximate surface area is 54.9 Å². The van der Waals surface area contributed by atoms with Crippen molar-refractivity contribution in [2.24, 2.45) is 5.92 Å². The average Bonchev–Trinajstić information content (AvgIpc) is 2.37. The molecule has 1 unspecified atom stereocenters. The summed E-state index contributed by atoms with van der Waals surface area (Å²) in [6, 6.07) is 0. The van der Waals surface area contributed by atoms with Crippen LogP contribution in [0.25, 0.3) is 0 Å². The number of aliphatic hydroxyl groups excluding tert-OH is 1. The van der Waals surface area contributed by atoms with Gasteiger partial charge in [-0.25, -0.2) is 0 Å². The monoisotopic (exact) mass is 128 g/mol. The van der Waals surface area contributed by atoms with E-state index >= 15 is 0 Å². The van der Waals surface area contributed by atoms with E-state index in [2.05, 4.69) is 0 Å². The molecule has 0 saturated heterocycles. The van der Waals surface area contributed by atoms with Crippen LogP contribution in [0.1, 0.15) is 25.7 Å². The number of hydrogen-bond donors (Lipinski definition) is 1. The van der Waals surface area contributed by atoms with Crippen LogP contribution in [0.2, 0.25) is 0 Å². The van der Waals surface area contributed by atoms with E-state index in [9.17, 15) is 4.79 Å². The highest BCUT2D eigenvalue weighted by atomic mass is 16.3. The third-order valence-corrected chi connectivity index (χ3v) is 2.02. The Balaban J connectivity index is 2.32. The fourth-order valence-electron chi connectivity index (χ4n) is 1.41. The van der Waals surface area contributed by atoms with E-state index in [4.69, 9.17) is 5.11 Å². The first-order valence-corrected chi connectivity index (χ1v) is 3.48. The van der Waals surface area contributed by atoms with E-state index in [1.807, 2.05) is 0 Å². The Morgan fingerprint density at radius 3 is 2.44 bits per heavy atom. The zero-order chi connectivity index (χ0) is 6.69. The van der Waals surface area contributed by atoms with E-state index in [0.717, 1.165) is 12.8 Å². The first-order chi connectivity index (χ1) is 4.34.